The van der Waals surface area contributed by atoms with Crippen LogP contribution in [0, 0.1) is 0 Å². The number of carbonyl (C=O) groups is 1. The molecule has 3 heteroatoms. The smallest absolute Gasteiger partial charge is 0.326 e. The molecule has 1 N–H and O–H groups in total. The number of carbonyl (C=O) groups excluding carboxylic acids is 1. The topological polar surface area (TPSA) is 38.3 Å². The molecule has 0 aromatic heterocycles. The summed E-state index contributed by atoms with van der Waals surface area (Å²) >= 11 is 0. The fourth-order valence-corrected chi connectivity index (χ4v) is 3.57. The summed E-state index contributed by atoms with van der Waals surface area (Å²) < 4.78 is 5.09. The summed E-state index contributed by atoms with van der Waals surface area (Å²) in [5.74, 6) is -0.0324. The second-order valence-corrected chi connectivity index (χ2v) is 5.97. The van der Waals surface area contributed by atoms with Crippen molar-refractivity contribution in [3.8, 4) is 0 Å². The van der Waals surface area contributed by atoms with Gasteiger partial charge < -0.3 is 4.74 Å². The van der Waals surface area contributed by atoms with Crippen LogP contribution in [0.2, 0.25) is 0 Å². The van der Waals surface area contributed by atoms with Crippen molar-refractivity contribution >= 4 is 5.97 Å². The first-order valence-electron chi connectivity index (χ1n) is 7.63. The molecule has 104 valence electrons. The minimum absolute atomic E-state index is 0.0324. The molecule has 0 aliphatic heterocycles. The van der Waals surface area contributed by atoms with Crippen molar-refractivity contribution in [2.45, 2.75) is 82.2 Å². The third kappa shape index (κ3) is 3.25. The van der Waals surface area contributed by atoms with E-state index in [-0.39, 0.29) is 11.5 Å². The van der Waals surface area contributed by atoms with E-state index in [1.165, 1.54) is 52.1 Å². The minimum atomic E-state index is -0.382. The maximum absolute atomic E-state index is 12.2. The van der Waals surface area contributed by atoms with E-state index in [4.69, 9.17) is 4.74 Å². The van der Waals surface area contributed by atoms with Gasteiger partial charge >= 0.3 is 5.97 Å². The molecule has 2 saturated carbocycles. The Bertz CT molecular complexity index is 264. The Hall–Kier alpha value is -0.570. The van der Waals surface area contributed by atoms with E-state index in [9.17, 15) is 4.79 Å². The highest BCUT2D eigenvalue weighted by Gasteiger charge is 2.41. The molecular weight excluding hydrogens is 226 g/mol. The van der Waals surface area contributed by atoms with Crippen molar-refractivity contribution in [1.82, 2.24) is 5.32 Å². The van der Waals surface area contributed by atoms with Gasteiger partial charge in [0.2, 0.25) is 0 Å². The van der Waals surface area contributed by atoms with Crippen molar-refractivity contribution in [2.75, 3.05) is 7.11 Å². The molecule has 0 heterocycles. The third-order valence-electron chi connectivity index (χ3n) is 4.62. The molecule has 3 nitrogen and oxygen atoms in total. The number of hydrogen-bond acceptors (Lipinski definition) is 3. The summed E-state index contributed by atoms with van der Waals surface area (Å²) in [4.78, 5) is 12.2. The molecule has 0 bridgehead atoms. The van der Waals surface area contributed by atoms with Crippen LogP contribution in [-0.2, 0) is 9.53 Å². The first-order chi connectivity index (χ1) is 8.77. The molecule has 0 aromatic rings. The van der Waals surface area contributed by atoms with Crippen molar-refractivity contribution in [3.05, 3.63) is 0 Å². The summed E-state index contributed by atoms with van der Waals surface area (Å²) in [5, 5.41) is 3.69. The molecule has 18 heavy (non-hydrogen) atoms. The second kappa shape index (κ2) is 6.55. The first kappa shape index (κ1) is 13.9. The van der Waals surface area contributed by atoms with Crippen LogP contribution in [0.3, 0.4) is 0 Å². The lowest BCUT2D eigenvalue weighted by molar-refractivity contribution is -0.150. The van der Waals surface area contributed by atoms with Gasteiger partial charge in [-0.3, -0.25) is 10.1 Å². The van der Waals surface area contributed by atoms with Gasteiger partial charge in [-0.05, 0) is 25.7 Å². The molecule has 0 amide bonds. The van der Waals surface area contributed by atoms with E-state index in [2.05, 4.69) is 5.32 Å². The fourth-order valence-electron chi connectivity index (χ4n) is 3.57. The van der Waals surface area contributed by atoms with E-state index < -0.39 is 0 Å². The fraction of sp³-hybridized carbons (Fsp3) is 0.933. The average Bonchev–Trinajstić information content (AvgIpc) is 2.65. The van der Waals surface area contributed by atoms with Gasteiger partial charge in [-0.25, -0.2) is 0 Å². The van der Waals surface area contributed by atoms with Crippen LogP contribution in [0.4, 0.5) is 0 Å². The zero-order chi connectivity index (χ0) is 12.8. The highest BCUT2D eigenvalue weighted by atomic mass is 16.5. The van der Waals surface area contributed by atoms with E-state index in [1.807, 2.05) is 0 Å². The van der Waals surface area contributed by atoms with Crippen molar-refractivity contribution in [1.29, 1.82) is 0 Å². The van der Waals surface area contributed by atoms with Crippen molar-refractivity contribution in [3.63, 3.8) is 0 Å². The number of ether oxygens (including phenoxy) is 1. The van der Waals surface area contributed by atoms with Crippen molar-refractivity contribution < 1.29 is 9.53 Å². The van der Waals surface area contributed by atoms with Crippen LogP contribution >= 0.6 is 0 Å². The van der Waals surface area contributed by atoms with Gasteiger partial charge in [0, 0.05) is 6.04 Å². The second-order valence-electron chi connectivity index (χ2n) is 5.97. The minimum Gasteiger partial charge on any atom is -0.468 e. The quantitative estimate of drug-likeness (QED) is 0.620. The largest absolute Gasteiger partial charge is 0.468 e. The maximum Gasteiger partial charge on any atom is 0.326 e. The van der Waals surface area contributed by atoms with Gasteiger partial charge in [0.25, 0.3) is 0 Å². The molecule has 0 spiro atoms. The number of nitrogens with one attached hydrogen (secondary N) is 1. The summed E-state index contributed by atoms with van der Waals surface area (Å²) in [6.07, 6.45) is 13.1. The number of hydrogen-bond donors (Lipinski definition) is 1. The third-order valence-corrected chi connectivity index (χ3v) is 4.62. The molecular formula is C15H27NO2. The molecule has 0 unspecified atom stereocenters. The van der Waals surface area contributed by atoms with Crippen LogP contribution in [0.25, 0.3) is 0 Å². The number of rotatable bonds is 3. The highest BCUT2D eigenvalue weighted by Crippen LogP contribution is 2.31. The molecule has 2 aliphatic carbocycles. The van der Waals surface area contributed by atoms with Gasteiger partial charge in [-0.15, -0.1) is 0 Å². The lowest BCUT2D eigenvalue weighted by Gasteiger charge is -2.36. The number of esters is 1. The van der Waals surface area contributed by atoms with E-state index >= 15 is 0 Å². The van der Waals surface area contributed by atoms with Crippen LogP contribution < -0.4 is 5.32 Å². The molecule has 2 aliphatic rings. The Morgan fingerprint density at radius 3 is 2.11 bits per heavy atom. The Labute approximate surface area is 111 Å². The van der Waals surface area contributed by atoms with Crippen LogP contribution in [0.5, 0.6) is 0 Å². The van der Waals surface area contributed by atoms with Crippen molar-refractivity contribution in [2.24, 2.45) is 0 Å². The molecule has 0 radical (unpaired) electrons. The summed E-state index contributed by atoms with van der Waals surface area (Å²) in [5.41, 5.74) is -0.382. The average molecular weight is 253 g/mol. The zero-order valence-corrected chi connectivity index (χ0v) is 11.7. The normalized spacial score (nSPS) is 25.4. The van der Waals surface area contributed by atoms with Gasteiger partial charge in [0.15, 0.2) is 0 Å². The first-order valence-corrected chi connectivity index (χ1v) is 7.63. The Morgan fingerprint density at radius 2 is 1.56 bits per heavy atom. The molecule has 0 saturated heterocycles. The Morgan fingerprint density at radius 1 is 1.00 bits per heavy atom. The highest BCUT2D eigenvalue weighted by molar-refractivity contribution is 5.80. The van der Waals surface area contributed by atoms with Gasteiger partial charge in [-0.1, -0.05) is 44.9 Å². The van der Waals surface area contributed by atoms with E-state index in [0.29, 0.717) is 6.04 Å². The molecule has 0 aromatic carbocycles. The number of methoxy groups -OCH3 is 1. The van der Waals surface area contributed by atoms with Crippen LogP contribution in [0.15, 0.2) is 0 Å². The predicted molar refractivity (Wildman–Crippen MR) is 72.5 cm³/mol. The summed E-state index contributed by atoms with van der Waals surface area (Å²) in [7, 11) is 1.53. The SMILES string of the molecule is COC(=O)C1(NC2CCCCC2)CCCCCC1. The molecule has 0 atom stereocenters. The van der Waals surface area contributed by atoms with Crippen LogP contribution in [-0.4, -0.2) is 24.7 Å². The monoisotopic (exact) mass is 253 g/mol. The maximum atomic E-state index is 12.2. The zero-order valence-electron chi connectivity index (χ0n) is 11.7. The Kier molecular flexibility index (Phi) is 5.04. The molecule has 2 rings (SSSR count). The van der Waals surface area contributed by atoms with Crippen LogP contribution in [0.1, 0.15) is 70.6 Å². The van der Waals surface area contributed by atoms with Gasteiger partial charge in [0.05, 0.1) is 7.11 Å². The summed E-state index contributed by atoms with van der Waals surface area (Å²) in [6.45, 7) is 0. The van der Waals surface area contributed by atoms with E-state index in [0.717, 1.165) is 25.7 Å². The summed E-state index contributed by atoms with van der Waals surface area (Å²) in [6, 6.07) is 0.524. The lowest BCUT2D eigenvalue weighted by atomic mass is 9.86. The Balaban J connectivity index is 2.04. The van der Waals surface area contributed by atoms with E-state index in [1.54, 1.807) is 0 Å². The molecule has 2 fully saturated rings. The van der Waals surface area contributed by atoms with Gasteiger partial charge in [0.1, 0.15) is 5.54 Å². The van der Waals surface area contributed by atoms with Gasteiger partial charge in [-0.2, -0.15) is 0 Å². The standard InChI is InChI=1S/C15H27NO2/c1-18-14(17)15(11-7-2-3-8-12-15)16-13-9-5-4-6-10-13/h13,16H,2-12H2,1H3. The lowest BCUT2D eigenvalue weighted by Crippen LogP contribution is -2.56. The predicted octanol–water partition coefficient (Wildman–Crippen LogP) is 3.17.